The van der Waals surface area contributed by atoms with Gasteiger partial charge in [-0.15, -0.1) is 0 Å². The van der Waals surface area contributed by atoms with Gasteiger partial charge in [0, 0.05) is 19.0 Å². The van der Waals surface area contributed by atoms with Crippen LogP contribution >= 0.6 is 0 Å². The number of likely N-dealkylation sites (N-methyl/N-ethyl adjacent to an activating group) is 1. The molecule has 0 aliphatic carbocycles. The van der Waals surface area contributed by atoms with Crippen LogP contribution in [0.15, 0.2) is 0 Å². The van der Waals surface area contributed by atoms with Gasteiger partial charge in [0.2, 0.25) is 5.91 Å². The van der Waals surface area contributed by atoms with Crippen LogP contribution in [0.1, 0.15) is 32.1 Å². The Morgan fingerprint density at radius 3 is 2.94 bits per heavy atom. The first-order chi connectivity index (χ1) is 7.74. The summed E-state index contributed by atoms with van der Waals surface area (Å²) in [4.78, 5) is 13.9. The summed E-state index contributed by atoms with van der Waals surface area (Å²) >= 11 is 0. The first kappa shape index (κ1) is 13.5. The second kappa shape index (κ2) is 7.63. The normalized spacial score (nSPS) is 22.0. The zero-order valence-corrected chi connectivity index (χ0v) is 10.6. The van der Waals surface area contributed by atoms with E-state index in [9.17, 15) is 4.79 Å². The molecule has 0 aromatic heterocycles. The smallest absolute Gasteiger partial charge is 0.220 e. The van der Waals surface area contributed by atoms with Gasteiger partial charge in [0.15, 0.2) is 0 Å². The van der Waals surface area contributed by atoms with Gasteiger partial charge in [0.05, 0.1) is 0 Å². The minimum atomic E-state index is 0.189. The Bertz CT molecular complexity index is 208. The quantitative estimate of drug-likeness (QED) is 0.653. The fourth-order valence-corrected chi connectivity index (χ4v) is 2.15. The monoisotopic (exact) mass is 227 g/mol. The molecule has 16 heavy (non-hydrogen) atoms. The molecule has 2 N–H and O–H groups in total. The molecule has 0 bridgehead atoms. The lowest BCUT2D eigenvalue weighted by Gasteiger charge is -2.32. The Hall–Kier alpha value is -0.610. The maximum atomic E-state index is 11.5. The number of carbonyl (C=O) groups excluding carboxylic acids is 1. The highest BCUT2D eigenvalue weighted by molar-refractivity contribution is 5.75. The molecule has 0 aromatic rings. The Kier molecular flexibility index (Phi) is 6.42. The van der Waals surface area contributed by atoms with Crippen molar-refractivity contribution < 1.29 is 4.79 Å². The molecule has 4 nitrogen and oxygen atoms in total. The predicted octanol–water partition coefficient (Wildman–Crippen LogP) is 0.587. The van der Waals surface area contributed by atoms with E-state index in [1.54, 1.807) is 0 Å². The van der Waals surface area contributed by atoms with E-state index in [-0.39, 0.29) is 5.91 Å². The summed E-state index contributed by atoms with van der Waals surface area (Å²) in [6.07, 6.45) is 5.36. The van der Waals surface area contributed by atoms with E-state index in [1.165, 1.54) is 25.8 Å². The summed E-state index contributed by atoms with van der Waals surface area (Å²) in [6.45, 7) is 2.89. The first-order valence-electron chi connectivity index (χ1n) is 6.35. The number of amides is 1. The summed E-state index contributed by atoms with van der Waals surface area (Å²) in [7, 11) is 4.06. The maximum absolute atomic E-state index is 11.5. The van der Waals surface area contributed by atoms with Crippen molar-refractivity contribution in [1.82, 2.24) is 15.5 Å². The van der Waals surface area contributed by atoms with Gasteiger partial charge in [-0.25, -0.2) is 0 Å². The van der Waals surface area contributed by atoms with E-state index < -0.39 is 0 Å². The van der Waals surface area contributed by atoms with Crippen molar-refractivity contribution in [3.05, 3.63) is 0 Å². The Labute approximate surface area is 98.8 Å². The van der Waals surface area contributed by atoms with Gasteiger partial charge < -0.3 is 15.5 Å². The number of likely N-dealkylation sites (tertiary alicyclic amines) is 1. The van der Waals surface area contributed by atoms with Gasteiger partial charge in [-0.3, -0.25) is 4.79 Å². The van der Waals surface area contributed by atoms with Gasteiger partial charge in [-0.05, 0) is 46.4 Å². The number of rotatable bonds is 6. The number of nitrogens with one attached hydrogen (secondary N) is 2. The first-order valence-corrected chi connectivity index (χ1v) is 6.35. The summed E-state index contributed by atoms with van der Waals surface area (Å²) < 4.78 is 0. The van der Waals surface area contributed by atoms with Crippen LogP contribution in [0, 0.1) is 0 Å². The van der Waals surface area contributed by atoms with Crippen molar-refractivity contribution >= 4 is 5.91 Å². The second-order valence-electron chi connectivity index (χ2n) is 4.64. The van der Waals surface area contributed by atoms with E-state index in [0.717, 1.165) is 19.5 Å². The molecule has 0 spiro atoms. The van der Waals surface area contributed by atoms with Crippen LogP contribution in [0.5, 0.6) is 0 Å². The van der Waals surface area contributed by atoms with Gasteiger partial charge in [0.1, 0.15) is 0 Å². The van der Waals surface area contributed by atoms with Crippen molar-refractivity contribution in [2.45, 2.75) is 38.1 Å². The number of hydrogen-bond acceptors (Lipinski definition) is 3. The lowest BCUT2D eigenvalue weighted by atomic mass is 10.0. The fourth-order valence-electron chi connectivity index (χ4n) is 2.15. The van der Waals surface area contributed by atoms with Crippen LogP contribution in [-0.4, -0.2) is 50.6 Å². The topological polar surface area (TPSA) is 44.4 Å². The molecule has 0 saturated carbocycles. The van der Waals surface area contributed by atoms with Crippen molar-refractivity contribution in [1.29, 1.82) is 0 Å². The van der Waals surface area contributed by atoms with E-state index in [2.05, 4.69) is 22.6 Å². The molecule has 0 radical (unpaired) electrons. The average molecular weight is 227 g/mol. The van der Waals surface area contributed by atoms with Crippen LogP contribution in [0.4, 0.5) is 0 Å². The predicted molar refractivity (Wildman–Crippen MR) is 66.4 cm³/mol. The Balaban J connectivity index is 2.10. The van der Waals surface area contributed by atoms with E-state index in [1.807, 2.05) is 7.05 Å². The third-order valence-electron chi connectivity index (χ3n) is 3.29. The highest BCUT2D eigenvalue weighted by Crippen LogP contribution is 2.13. The second-order valence-corrected chi connectivity index (χ2v) is 4.64. The van der Waals surface area contributed by atoms with Gasteiger partial charge >= 0.3 is 0 Å². The molecule has 0 aromatic carbocycles. The highest BCUT2D eigenvalue weighted by atomic mass is 16.1. The van der Waals surface area contributed by atoms with Gasteiger partial charge in [-0.2, -0.15) is 0 Å². The fraction of sp³-hybridized carbons (Fsp3) is 0.917. The van der Waals surface area contributed by atoms with Crippen LogP contribution in [-0.2, 0) is 4.79 Å². The van der Waals surface area contributed by atoms with Crippen LogP contribution in [0.25, 0.3) is 0 Å². The lowest BCUT2D eigenvalue weighted by Crippen LogP contribution is -2.44. The molecule has 1 amide bonds. The zero-order valence-electron chi connectivity index (χ0n) is 10.6. The van der Waals surface area contributed by atoms with Crippen molar-refractivity contribution in [2.75, 3.05) is 33.7 Å². The molecule has 1 heterocycles. The minimum absolute atomic E-state index is 0.189. The van der Waals surface area contributed by atoms with Gasteiger partial charge in [0.25, 0.3) is 0 Å². The van der Waals surface area contributed by atoms with Crippen molar-refractivity contribution in [3.63, 3.8) is 0 Å². The largest absolute Gasteiger partial charge is 0.355 e. The number of carbonyl (C=O) groups is 1. The molecule has 1 unspecified atom stereocenters. The minimum Gasteiger partial charge on any atom is -0.355 e. The molecule has 1 saturated heterocycles. The van der Waals surface area contributed by atoms with E-state index >= 15 is 0 Å². The van der Waals surface area contributed by atoms with Crippen LogP contribution in [0.3, 0.4) is 0 Å². The molecule has 4 heteroatoms. The average Bonchev–Trinajstić information content (AvgIpc) is 2.28. The molecule has 1 aliphatic rings. The van der Waals surface area contributed by atoms with Crippen LogP contribution < -0.4 is 10.6 Å². The van der Waals surface area contributed by atoms with E-state index in [4.69, 9.17) is 0 Å². The molecule has 94 valence electrons. The molecular formula is C12H25N3O. The third kappa shape index (κ3) is 4.94. The Morgan fingerprint density at radius 2 is 2.25 bits per heavy atom. The molecule has 1 fully saturated rings. The summed E-state index contributed by atoms with van der Waals surface area (Å²) in [5.74, 6) is 0.189. The molecule has 1 aliphatic heterocycles. The van der Waals surface area contributed by atoms with E-state index in [0.29, 0.717) is 12.5 Å². The molecular weight excluding hydrogens is 202 g/mol. The Morgan fingerprint density at radius 1 is 1.44 bits per heavy atom. The van der Waals surface area contributed by atoms with Gasteiger partial charge in [-0.1, -0.05) is 6.42 Å². The molecule has 1 atom stereocenters. The van der Waals surface area contributed by atoms with Crippen molar-refractivity contribution in [3.8, 4) is 0 Å². The van der Waals surface area contributed by atoms with Crippen LogP contribution in [0.2, 0.25) is 0 Å². The number of piperidine rings is 1. The highest BCUT2D eigenvalue weighted by Gasteiger charge is 2.18. The number of hydrogen-bond donors (Lipinski definition) is 2. The lowest BCUT2D eigenvalue weighted by molar-refractivity contribution is -0.121. The zero-order chi connectivity index (χ0) is 11.8. The van der Waals surface area contributed by atoms with Crippen molar-refractivity contribution in [2.24, 2.45) is 0 Å². The summed E-state index contributed by atoms with van der Waals surface area (Å²) in [5.41, 5.74) is 0. The summed E-state index contributed by atoms with van der Waals surface area (Å²) in [5, 5.41) is 6.08. The standard InChI is InChI=1S/C12H25N3O/c1-13-8-5-7-12(16)14-10-11-6-3-4-9-15(11)2/h11,13H,3-10H2,1-2H3,(H,14,16). The molecule has 1 rings (SSSR count). The number of nitrogens with zero attached hydrogens (tertiary/aromatic N) is 1. The maximum Gasteiger partial charge on any atom is 0.220 e. The SMILES string of the molecule is CNCCCC(=O)NCC1CCCCN1C. The third-order valence-corrected chi connectivity index (χ3v) is 3.29. The summed E-state index contributed by atoms with van der Waals surface area (Å²) in [6, 6.07) is 0.544.